The van der Waals surface area contributed by atoms with Crippen LogP contribution in [0.1, 0.15) is 16.1 Å². The number of aromatic carboxylic acids is 1. The summed E-state index contributed by atoms with van der Waals surface area (Å²) >= 11 is 0. The van der Waals surface area contributed by atoms with Crippen LogP contribution >= 0.6 is 0 Å². The van der Waals surface area contributed by atoms with Crippen LogP contribution in [0.5, 0.6) is 5.88 Å². The molecule has 1 aromatic rings. The number of hydrogen-bond donors (Lipinski definition) is 1. The minimum Gasteiger partial charge on any atom is -0.480 e. The molecule has 0 aliphatic rings. The molecule has 1 rings (SSSR count). The maximum absolute atomic E-state index is 10.7. The van der Waals surface area contributed by atoms with Gasteiger partial charge in [-0.3, -0.25) is 0 Å². The number of aromatic nitrogens is 1. The Morgan fingerprint density at radius 2 is 2.21 bits per heavy atom. The highest BCUT2D eigenvalue weighted by molar-refractivity contribution is 5.90. The highest BCUT2D eigenvalue weighted by atomic mass is 16.5. The topological polar surface area (TPSA) is 68.7 Å². The van der Waals surface area contributed by atoms with Crippen LogP contribution in [0.15, 0.2) is 12.1 Å². The average molecular weight is 197 g/mol. The molecule has 0 amide bonds. The summed E-state index contributed by atoms with van der Waals surface area (Å²) in [5, 5.41) is 8.77. The van der Waals surface area contributed by atoms with Crippen LogP contribution in [-0.2, 0) is 11.3 Å². The number of pyridine rings is 1. The van der Waals surface area contributed by atoms with Crippen LogP contribution < -0.4 is 4.74 Å². The van der Waals surface area contributed by atoms with E-state index in [-0.39, 0.29) is 11.4 Å². The van der Waals surface area contributed by atoms with Gasteiger partial charge in [-0.2, -0.15) is 0 Å². The third-order valence-electron chi connectivity index (χ3n) is 1.63. The largest absolute Gasteiger partial charge is 0.480 e. The summed E-state index contributed by atoms with van der Waals surface area (Å²) < 4.78 is 9.71. The Morgan fingerprint density at radius 1 is 1.50 bits per heavy atom. The zero-order chi connectivity index (χ0) is 10.6. The molecule has 76 valence electrons. The fraction of sp³-hybridized carbons (Fsp3) is 0.333. The molecule has 0 radical (unpaired) electrons. The molecule has 1 N–H and O–H groups in total. The molecule has 0 saturated heterocycles. The summed E-state index contributed by atoms with van der Waals surface area (Å²) in [5.41, 5.74) is 0.682. The summed E-state index contributed by atoms with van der Waals surface area (Å²) in [5.74, 6) is -0.953. The average Bonchev–Trinajstić information content (AvgIpc) is 2.17. The molecule has 5 nitrogen and oxygen atoms in total. The van der Waals surface area contributed by atoms with Crippen molar-refractivity contribution in [1.82, 2.24) is 4.98 Å². The van der Waals surface area contributed by atoms with Gasteiger partial charge in [0.1, 0.15) is 5.56 Å². The fourth-order valence-corrected chi connectivity index (χ4v) is 1.03. The highest BCUT2D eigenvalue weighted by Gasteiger charge is 2.12. The maximum atomic E-state index is 10.7. The number of nitrogens with zero attached hydrogens (tertiary/aromatic N) is 1. The number of ether oxygens (including phenoxy) is 2. The zero-order valence-corrected chi connectivity index (χ0v) is 7.98. The molecule has 1 heterocycles. The van der Waals surface area contributed by atoms with Gasteiger partial charge in [-0.15, -0.1) is 0 Å². The first kappa shape index (κ1) is 10.5. The molecule has 0 saturated carbocycles. The summed E-state index contributed by atoms with van der Waals surface area (Å²) in [6.07, 6.45) is 0. The van der Waals surface area contributed by atoms with Gasteiger partial charge in [-0.25, -0.2) is 9.78 Å². The summed E-state index contributed by atoms with van der Waals surface area (Å²) in [6.45, 7) is 0.330. The van der Waals surface area contributed by atoms with E-state index in [9.17, 15) is 4.79 Å². The normalized spacial score (nSPS) is 9.86. The van der Waals surface area contributed by atoms with Crippen LogP contribution in [0, 0.1) is 0 Å². The number of carboxylic acid groups (broad SMARTS) is 1. The van der Waals surface area contributed by atoms with Gasteiger partial charge in [0, 0.05) is 7.11 Å². The number of carboxylic acids is 1. The molecule has 5 heteroatoms. The van der Waals surface area contributed by atoms with Crippen molar-refractivity contribution < 1.29 is 19.4 Å². The third-order valence-corrected chi connectivity index (χ3v) is 1.63. The van der Waals surface area contributed by atoms with Crippen LogP contribution in [-0.4, -0.2) is 30.3 Å². The zero-order valence-electron chi connectivity index (χ0n) is 7.98. The maximum Gasteiger partial charge on any atom is 0.341 e. The van der Waals surface area contributed by atoms with Gasteiger partial charge in [0.25, 0.3) is 0 Å². The molecule has 0 bridgehead atoms. The molecule has 0 spiro atoms. The first-order valence-corrected chi connectivity index (χ1v) is 3.95. The first-order chi connectivity index (χ1) is 6.69. The molecule has 1 aromatic heterocycles. The molecular formula is C9H11NO4. The van der Waals surface area contributed by atoms with Gasteiger partial charge in [-0.05, 0) is 12.1 Å². The number of rotatable bonds is 4. The lowest BCUT2D eigenvalue weighted by molar-refractivity contribution is 0.0692. The lowest BCUT2D eigenvalue weighted by atomic mass is 10.2. The second-order valence-corrected chi connectivity index (χ2v) is 2.60. The Kier molecular flexibility index (Phi) is 3.41. The SMILES string of the molecule is COCc1ccc(C(=O)O)c(OC)n1. The van der Waals surface area contributed by atoms with Crippen LogP contribution in [0.4, 0.5) is 0 Å². The van der Waals surface area contributed by atoms with Crippen molar-refractivity contribution >= 4 is 5.97 Å². The van der Waals surface area contributed by atoms with E-state index in [1.807, 2.05) is 0 Å². The second kappa shape index (κ2) is 4.57. The number of carbonyl (C=O) groups is 1. The predicted molar refractivity (Wildman–Crippen MR) is 48.5 cm³/mol. The molecule has 0 atom stereocenters. The third kappa shape index (κ3) is 2.20. The Balaban J connectivity index is 3.05. The summed E-state index contributed by atoms with van der Waals surface area (Å²) in [4.78, 5) is 14.7. The highest BCUT2D eigenvalue weighted by Crippen LogP contribution is 2.15. The summed E-state index contributed by atoms with van der Waals surface area (Å²) in [6, 6.07) is 3.04. The van der Waals surface area contributed by atoms with Crippen molar-refractivity contribution in [1.29, 1.82) is 0 Å². The minimum atomic E-state index is -1.06. The van der Waals surface area contributed by atoms with Gasteiger partial charge in [0.2, 0.25) is 5.88 Å². The number of methoxy groups -OCH3 is 2. The minimum absolute atomic E-state index is 0.0485. The van der Waals surface area contributed by atoms with Crippen molar-refractivity contribution in [3.8, 4) is 5.88 Å². The van der Waals surface area contributed by atoms with Gasteiger partial charge in [0.05, 0.1) is 19.4 Å². The lowest BCUT2D eigenvalue weighted by Gasteiger charge is -2.05. The van der Waals surface area contributed by atoms with Crippen LogP contribution in [0.25, 0.3) is 0 Å². The molecular weight excluding hydrogens is 186 g/mol. The molecule has 0 unspecified atom stereocenters. The molecule has 0 aliphatic heterocycles. The van der Waals surface area contributed by atoms with Crippen molar-refractivity contribution in [2.45, 2.75) is 6.61 Å². The molecule has 14 heavy (non-hydrogen) atoms. The van der Waals surface area contributed by atoms with Crippen molar-refractivity contribution in [3.05, 3.63) is 23.4 Å². The van der Waals surface area contributed by atoms with E-state index in [4.69, 9.17) is 14.6 Å². The number of hydrogen-bond acceptors (Lipinski definition) is 4. The smallest absolute Gasteiger partial charge is 0.341 e. The van der Waals surface area contributed by atoms with Gasteiger partial charge < -0.3 is 14.6 Å². The van der Waals surface area contributed by atoms with Gasteiger partial charge >= 0.3 is 5.97 Å². The Bertz CT molecular complexity index is 338. The van der Waals surface area contributed by atoms with Crippen molar-refractivity contribution in [2.24, 2.45) is 0 Å². The molecule has 0 aromatic carbocycles. The Morgan fingerprint density at radius 3 is 2.71 bits per heavy atom. The van der Waals surface area contributed by atoms with E-state index >= 15 is 0 Å². The Labute approximate surface area is 81.3 Å². The fourth-order valence-electron chi connectivity index (χ4n) is 1.03. The van der Waals surface area contributed by atoms with Gasteiger partial charge in [-0.1, -0.05) is 0 Å². The molecule has 0 fully saturated rings. The van der Waals surface area contributed by atoms with E-state index < -0.39 is 5.97 Å². The van der Waals surface area contributed by atoms with Crippen molar-refractivity contribution in [2.75, 3.05) is 14.2 Å². The molecule has 0 aliphatic carbocycles. The monoisotopic (exact) mass is 197 g/mol. The van der Waals surface area contributed by atoms with Crippen molar-refractivity contribution in [3.63, 3.8) is 0 Å². The lowest BCUT2D eigenvalue weighted by Crippen LogP contribution is -2.04. The van der Waals surface area contributed by atoms with Crippen LogP contribution in [0.3, 0.4) is 0 Å². The predicted octanol–water partition coefficient (Wildman–Crippen LogP) is 0.935. The van der Waals surface area contributed by atoms with E-state index in [0.717, 1.165) is 0 Å². The quantitative estimate of drug-likeness (QED) is 0.777. The van der Waals surface area contributed by atoms with E-state index in [2.05, 4.69) is 4.98 Å². The summed E-state index contributed by atoms with van der Waals surface area (Å²) in [7, 11) is 2.92. The standard InChI is InChI=1S/C9H11NO4/c1-13-5-6-3-4-7(9(11)12)8(10-6)14-2/h3-4H,5H2,1-2H3,(H,11,12). The van der Waals surface area contributed by atoms with E-state index in [1.165, 1.54) is 13.2 Å². The first-order valence-electron chi connectivity index (χ1n) is 3.95. The second-order valence-electron chi connectivity index (χ2n) is 2.60. The van der Waals surface area contributed by atoms with Gasteiger partial charge in [0.15, 0.2) is 0 Å². The van der Waals surface area contributed by atoms with Crippen LogP contribution in [0.2, 0.25) is 0 Å². The Hall–Kier alpha value is -1.62. The van der Waals surface area contributed by atoms with E-state index in [1.54, 1.807) is 13.2 Å². The van der Waals surface area contributed by atoms with E-state index in [0.29, 0.717) is 12.3 Å².